The van der Waals surface area contributed by atoms with Crippen LogP contribution >= 0.6 is 0 Å². The molecule has 0 rings (SSSR count). The van der Waals surface area contributed by atoms with Gasteiger partial charge in [0.25, 0.3) is 0 Å². The summed E-state index contributed by atoms with van der Waals surface area (Å²) in [6, 6.07) is 0. The van der Waals surface area contributed by atoms with Crippen LogP contribution < -0.4 is 0 Å². The molecule has 8 N–H and O–H groups in total. The van der Waals surface area contributed by atoms with E-state index in [9.17, 15) is 0 Å². The molecule has 0 aliphatic rings. The molecule has 0 saturated heterocycles. The number of aliphatic hydroxyl groups is 4. The molecule has 0 aromatic rings. The van der Waals surface area contributed by atoms with Crippen LogP contribution in [-0.4, -0.2) is 149 Å². The fraction of sp³-hybridized carbons (Fsp3) is 0.833. The number of hydrogen-bond donors (Lipinski definition) is 8. The van der Waals surface area contributed by atoms with Crippen LogP contribution in [0.1, 0.15) is 282 Å². The molecule has 0 unspecified atom stereocenters. The van der Waals surface area contributed by atoms with Crippen molar-refractivity contribution < 1.29 is 267 Å². The zero-order valence-electron chi connectivity index (χ0n) is 40.5. The summed E-state index contributed by atoms with van der Waals surface area (Å²) in [7, 11) is 4.72. The SMILES string of the molecule is C.C.C.C.C.C.C.C.C.C.C.C.C.C.C.C.C.C.C.C.C.C.C.C.C.C.C.C.C=C.C=C.C=C.C=C.CCC.CCCOCCO.CCCOCCO.CCCOCCO.CCCOCCO.COO.COO.COO.COO.[CH3-].[CH3-].[CH3-].[U].[U].[U].[U].[U].[U]. The third kappa shape index (κ3) is 1710. The summed E-state index contributed by atoms with van der Waals surface area (Å²) >= 11 is 0. The summed E-state index contributed by atoms with van der Waals surface area (Å²) in [6.07, 6.45) is 5.36. The Morgan fingerprint density at radius 1 is 0.216 bits per heavy atom. The van der Waals surface area contributed by atoms with Crippen molar-refractivity contribution in [3.63, 3.8) is 0 Å². The maximum atomic E-state index is 8.17. The Hall–Kier alpha value is 4.63. The average Bonchev–Trinajstić information content (AvgIpc) is 3.15. The maximum Gasteiger partial charge on any atom is 0.0710 e. The van der Waals surface area contributed by atoms with Crippen LogP contribution in [0, 0.1) is 209 Å². The second-order valence-electron chi connectivity index (χ2n) is 6.78. The topological polar surface area (TPSA) is 236 Å². The van der Waals surface area contributed by atoms with Crippen molar-refractivity contribution in [1.29, 1.82) is 0 Å². The van der Waals surface area contributed by atoms with Gasteiger partial charge in [0.1, 0.15) is 0 Å². The van der Waals surface area contributed by atoms with E-state index in [2.05, 4.69) is 86.0 Å². The van der Waals surface area contributed by atoms with Crippen molar-refractivity contribution >= 4 is 0 Å². The van der Waals surface area contributed by atoms with Gasteiger partial charge in [-0.15, -0.1) is 52.6 Å². The predicted octanol–water partition coefficient (Wildman–Crippen LogP) is 25.8. The molecule has 0 spiro atoms. The van der Waals surface area contributed by atoms with E-state index in [0.717, 1.165) is 52.1 Å². The summed E-state index contributed by atoms with van der Waals surface area (Å²) in [4.78, 5) is 13.0. The minimum absolute atomic E-state index is 0. The van der Waals surface area contributed by atoms with Gasteiger partial charge in [0.2, 0.25) is 0 Å². The van der Waals surface area contributed by atoms with Crippen LogP contribution in [0.2, 0.25) is 0 Å². The van der Waals surface area contributed by atoms with Gasteiger partial charge in [-0.05, 0) is 25.7 Å². The van der Waals surface area contributed by atoms with Gasteiger partial charge in [0.05, 0.1) is 81.3 Å². The fourth-order valence-electron chi connectivity index (χ4n) is 1.24. The molecule has 0 saturated carbocycles. The van der Waals surface area contributed by atoms with Crippen molar-refractivity contribution in [3.8, 4) is 0 Å². The summed E-state index contributed by atoms with van der Waals surface area (Å²) in [6.45, 7) is 41.9. The van der Waals surface area contributed by atoms with E-state index in [1.54, 1.807) is 0 Å². The van der Waals surface area contributed by atoms with Crippen LogP contribution in [0.15, 0.2) is 52.6 Å². The number of ether oxygens (including phenoxy) is 4. The summed E-state index contributed by atoms with van der Waals surface area (Å²) in [5.74, 6) is 0. The normalized spacial score (nSPS) is 4.20. The molecule has 596 valence electrons. The first kappa shape index (κ1) is 428. The Bertz CT molecular complexity index is 296. The standard InChI is InChI=1S/4C5H12O2.C3H8.4C2H4.4CH4O2.28CH4.3CH3.6U/c4*1-2-4-7-5-3-6;1-3-2;4*1-2;4*1-3-2;;;;;;;;;;;;;;;;;;;;;;;;;;;;;;;;;;;;;/h4*6H,2-5H2,1H3;3H2,1-2H3;4*1-2H2;4*2H,1H3;28*1H4;3*1H3;;;;;;/q;;;;;;;;;;;;;;;;;;;;;;;;;;;;;;;;;;;;;;;;;3*-1;;;;;;. The van der Waals surface area contributed by atoms with Crippen LogP contribution in [0.3, 0.4) is 0 Å². The largest absolute Gasteiger partial charge is 0.394 e. The van der Waals surface area contributed by atoms with Crippen LogP contribution in [-0.2, 0) is 38.5 Å². The molecule has 22 heteroatoms. The molecule has 0 bridgehead atoms. The minimum Gasteiger partial charge on any atom is -0.394 e. The van der Waals surface area contributed by atoms with E-state index >= 15 is 0 Å². The molecule has 88 heavy (non-hydrogen) atoms. The van der Waals surface area contributed by atoms with E-state index < -0.39 is 0 Å². The maximum absolute atomic E-state index is 8.17. The molecule has 0 aromatic carbocycles. The molecule has 16 nitrogen and oxygen atoms in total. The summed E-state index contributed by atoms with van der Waals surface area (Å²) in [5, 5.41) is 60.9. The Morgan fingerprint density at radius 3 is 0.307 bits per heavy atom. The van der Waals surface area contributed by atoms with Gasteiger partial charge in [0.15, 0.2) is 0 Å². The predicted molar refractivity (Wildman–Crippen MR) is 420 cm³/mol. The Balaban J connectivity index is -0.00000000365. The summed E-state index contributed by atoms with van der Waals surface area (Å²) < 4.78 is 19.5. The molecule has 0 aliphatic heterocycles. The number of hydrogen-bond acceptors (Lipinski definition) is 16. The van der Waals surface area contributed by atoms with Gasteiger partial charge >= 0.3 is 0 Å². The Morgan fingerprint density at radius 2 is 0.273 bits per heavy atom. The molecule has 0 radical (unpaired) electrons. The van der Waals surface area contributed by atoms with Crippen molar-refractivity contribution in [1.82, 2.24) is 0 Å². The number of rotatable bonds is 16. The molecule has 0 atom stereocenters. The second-order valence-corrected chi connectivity index (χ2v) is 6.78. The molecular formula is C66H209O16U6-3. The fourth-order valence-corrected chi connectivity index (χ4v) is 1.24. The van der Waals surface area contributed by atoms with E-state index in [0.29, 0.717) is 26.4 Å². The second kappa shape index (κ2) is 857. The van der Waals surface area contributed by atoms with Gasteiger partial charge in [-0.3, -0.25) is 21.0 Å². The average molecular weight is 2690 g/mol. The summed E-state index contributed by atoms with van der Waals surface area (Å²) in [5.41, 5.74) is 0. The van der Waals surface area contributed by atoms with Crippen LogP contribution in [0.25, 0.3) is 0 Å². The van der Waals surface area contributed by atoms with Crippen LogP contribution in [0.5, 0.6) is 0 Å². The molecule has 0 heterocycles. The molecular weight excluding hydrogens is 2480 g/mol. The van der Waals surface area contributed by atoms with E-state index in [1.807, 2.05) is 27.7 Å². The Kier molecular flexibility index (Phi) is 4170. The monoisotopic (exact) mass is 2690 g/mol. The van der Waals surface area contributed by atoms with Crippen molar-refractivity contribution in [2.75, 3.05) is 108 Å². The van der Waals surface area contributed by atoms with Gasteiger partial charge in [-0.25, -0.2) is 19.6 Å². The van der Waals surface area contributed by atoms with Gasteiger partial charge in [-0.1, -0.05) is 256 Å². The molecule has 0 aliphatic carbocycles. The first-order chi connectivity index (χ1) is 24.7. The van der Waals surface area contributed by atoms with E-state index in [4.69, 9.17) is 60.4 Å². The van der Waals surface area contributed by atoms with Crippen molar-refractivity contribution in [3.05, 3.63) is 74.9 Å². The zero-order chi connectivity index (χ0) is 43.7. The third-order valence-electron chi connectivity index (χ3n) is 2.34. The third-order valence-corrected chi connectivity index (χ3v) is 2.34. The Labute approximate surface area is 721 Å². The minimum atomic E-state index is 0. The smallest absolute Gasteiger partial charge is 0.0710 e. The van der Waals surface area contributed by atoms with E-state index in [-0.39, 0.29) is 443 Å². The van der Waals surface area contributed by atoms with Crippen molar-refractivity contribution in [2.45, 2.75) is 282 Å². The van der Waals surface area contributed by atoms with Crippen LogP contribution in [0.4, 0.5) is 0 Å². The first-order valence-corrected chi connectivity index (χ1v) is 16.2. The van der Waals surface area contributed by atoms with Crippen molar-refractivity contribution in [2.24, 2.45) is 0 Å². The molecule has 0 fully saturated rings. The zero-order valence-corrected chi connectivity index (χ0v) is 65.5. The first-order valence-electron chi connectivity index (χ1n) is 16.2. The van der Waals surface area contributed by atoms with Gasteiger partial charge < -0.3 is 61.7 Å². The van der Waals surface area contributed by atoms with E-state index in [1.165, 1.54) is 34.9 Å². The quantitative estimate of drug-likeness (QED) is 0.0236. The molecule has 0 aromatic heterocycles. The van der Waals surface area contributed by atoms with Gasteiger partial charge in [0, 0.05) is 213 Å². The van der Waals surface area contributed by atoms with Gasteiger partial charge in [-0.2, -0.15) is 0 Å². The number of aliphatic hydroxyl groups excluding tert-OH is 4. The molecule has 0 amide bonds.